The number of aromatic nitrogens is 2. The van der Waals surface area contributed by atoms with Crippen molar-refractivity contribution >= 4 is 11.6 Å². The van der Waals surface area contributed by atoms with Crippen LogP contribution in [0.15, 0.2) is 6.07 Å². The van der Waals surface area contributed by atoms with E-state index < -0.39 is 0 Å². The molecule has 0 radical (unpaired) electrons. The first kappa shape index (κ1) is 14.1. The van der Waals surface area contributed by atoms with Gasteiger partial charge in [0.05, 0.1) is 0 Å². The molecule has 1 saturated heterocycles. The minimum Gasteiger partial charge on any atom is -0.384 e. The van der Waals surface area contributed by atoms with E-state index in [9.17, 15) is 0 Å². The lowest BCUT2D eigenvalue weighted by Gasteiger charge is -2.29. The summed E-state index contributed by atoms with van der Waals surface area (Å²) in [4.78, 5) is 11.1. The Bertz CT molecular complexity index is 399. The van der Waals surface area contributed by atoms with Crippen molar-refractivity contribution in [1.29, 1.82) is 0 Å². The second kappa shape index (κ2) is 6.70. The number of nitrogens with zero attached hydrogens (tertiary/aromatic N) is 3. The summed E-state index contributed by atoms with van der Waals surface area (Å²) in [7, 11) is 2.19. The second-order valence-corrected chi connectivity index (χ2v) is 5.47. The van der Waals surface area contributed by atoms with Crippen molar-refractivity contribution in [2.75, 3.05) is 37.7 Å². The van der Waals surface area contributed by atoms with E-state index >= 15 is 0 Å². The molecule has 1 aliphatic heterocycles. The smallest absolute Gasteiger partial charge is 0.133 e. The van der Waals surface area contributed by atoms with Gasteiger partial charge in [-0.2, -0.15) is 0 Å². The monoisotopic (exact) mass is 263 g/mol. The molecule has 0 aliphatic carbocycles. The number of hydrogen-bond acceptors (Lipinski definition) is 5. The van der Waals surface area contributed by atoms with Crippen molar-refractivity contribution < 1.29 is 0 Å². The molecule has 0 atom stereocenters. The maximum Gasteiger partial charge on any atom is 0.133 e. The van der Waals surface area contributed by atoms with Crippen LogP contribution in [0.4, 0.5) is 11.6 Å². The number of aryl methyl sites for hydroxylation is 1. The molecular formula is C14H25N5. The Kier molecular flexibility index (Phi) is 4.96. The third-order valence-electron chi connectivity index (χ3n) is 3.68. The zero-order chi connectivity index (χ0) is 13.7. The Labute approximate surface area is 115 Å². The van der Waals surface area contributed by atoms with E-state index in [0.717, 1.165) is 36.9 Å². The molecule has 19 heavy (non-hydrogen) atoms. The molecule has 2 heterocycles. The number of nitrogens with two attached hydrogens (primary N) is 1. The summed E-state index contributed by atoms with van der Waals surface area (Å²) >= 11 is 0. The standard InChI is InChI=1S/C14H25N5/c1-3-4-13-17-12(15)9-14(18-13)16-10-11-5-7-19(2)8-6-11/h9,11H,3-8,10H2,1-2H3,(H3,15,16,17,18). The van der Waals surface area contributed by atoms with Gasteiger partial charge in [-0.3, -0.25) is 0 Å². The van der Waals surface area contributed by atoms with Gasteiger partial charge in [0, 0.05) is 19.0 Å². The maximum absolute atomic E-state index is 5.82. The van der Waals surface area contributed by atoms with Crippen molar-refractivity contribution in [3.63, 3.8) is 0 Å². The first-order valence-electron chi connectivity index (χ1n) is 7.23. The number of likely N-dealkylation sites (tertiary alicyclic amines) is 1. The van der Waals surface area contributed by atoms with Crippen molar-refractivity contribution in [3.05, 3.63) is 11.9 Å². The predicted octanol–water partition coefficient (Wildman–Crippen LogP) is 1.76. The molecule has 0 aromatic carbocycles. The van der Waals surface area contributed by atoms with E-state index in [0.29, 0.717) is 5.82 Å². The average molecular weight is 263 g/mol. The SMILES string of the molecule is CCCc1nc(N)cc(NCC2CCN(C)CC2)n1. The fraction of sp³-hybridized carbons (Fsp3) is 0.714. The van der Waals surface area contributed by atoms with E-state index in [1.165, 1.54) is 25.9 Å². The van der Waals surface area contributed by atoms with Crippen LogP contribution in [0.3, 0.4) is 0 Å². The van der Waals surface area contributed by atoms with Crippen LogP contribution in [0.1, 0.15) is 32.0 Å². The predicted molar refractivity (Wildman–Crippen MR) is 79.2 cm³/mol. The van der Waals surface area contributed by atoms with Crippen molar-refractivity contribution in [3.8, 4) is 0 Å². The quantitative estimate of drug-likeness (QED) is 0.847. The summed E-state index contributed by atoms with van der Waals surface area (Å²) in [6.07, 6.45) is 4.43. The van der Waals surface area contributed by atoms with Crippen molar-refractivity contribution in [2.45, 2.75) is 32.6 Å². The highest BCUT2D eigenvalue weighted by Crippen LogP contribution is 2.17. The van der Waals surface area contributed by atoms with Crippen LogP contribution in [0, 0.1) is 5.92 Å². The number of hydrogen-bond donors (Lipinski definition) is 2. The van der Waals surface area contributed by atoms with E-state index in [1.807, 2.05) is 6.07 Å². The van der Waals surface area contributed by atoms with Crippen LogP contribution in [-0.2, 0) is 6.42 Å². The molecule has 0 amide bonds. The number of anilines is 2. The summed E-state index contributed by atoms with van der Waals surface area (Å²) < 4.78 is 0. The van der Waals surface area contributed by atoms with Gasteiger partial charge < -0.3 is 16.0 Å². The third kappa shape index (κ3) is 4.35. The molecule has 0 saturated carbocycles. The Morgan fingerprint density at radius 3 is 2.79 bits per heavy atom. The van der Waals surface area contributed by atoms with Crippen molar-refractivity contribution in [2.24, 2.45) is 5.92 Å². The Morgan fingerprint density at radius 2 is 2.11 bits per heavy atom. The lowest BCUT2D eigenvalue weighted by molar-refractivity contribution is 0.226. The van der Waals surface area contributed by atoms with Gasteiger partial charge >= 0.3 is 0 Å². The summed E-state index contributed by atoms with van der Waals surface area (Å²) in [5, 5.41) is 3.42. The van der Waals surface area contributed by atoms with Crippen molar-refractivity contribution in [1.82, 2.24) is 14.9 Å². The highest BCUT2D eigenvalue weighted by molar-refractivity contribution is 5.44. The van der Waals surface area contributed by atoms with Gasteiger partial charge in [-0.1, -0.05) is 6.92 Å². The topological polar surface area (TPSA) is 67.1 Å². The van der Waals surface area contributed by atoms with Crippen LogP contribution < -0.4 is 11.1 Å². The number of piperidine rings is 1. The molecule has 5 nitrogen and oxygen atoms in total. The number of rotatable bonds is 5. The first-order chi connectivity index (χ1) is 9.17. The Balaban J connectivity index is 1.88. The molecular weight excluding hydrogens is 238 g/mol. The van der Waals surface area contributed by atoms with E-state index in [4.69, 9.17) is 5.73 Å². The summed E-state index contributed by atoms with van der Waals surface area (Å²) in [6, 6.07) is 1.83. The zero-order valence-corrected chi connectivity index (χ0v) is 12.0. The molecule has 0 spiro atoms. The fourth-order valence-corrected chi connectivity index (χ4v) is 2.46. The third-order valence-corrected chi connectivity index (χ3v) is 3.68. The minimum absolute atomic E-state index is 0.560. The Morgan fingerprint density at radius 1 is 1.37 bits per heavy atom. The molecule has 3 N–H and O–H groups in total. The lowest BCUT2D eigenvalue weighted by Crippen LogP contribution is -2.33. The van der Waals surface area contributed by atoms with Gasteiger partial charge in [0.25, 0.3) is 0 Å². The second-order valence-electron chi connectivity index (χ2n) is 5.47. The van der Waals surface area contributed by atoms with Gasteiger partial charge in [0.15, 0.2) is 0 Å². The minimum atomic E-state index is 0.560. The van der Waals surface area contributed by atoms with Crippen LogP contribution in [0.2, 0.25) is 0 Å². The average Bonchev–Trinajstić information content (AvgIpc) is 2.38. The number of nitrogens with one attached hydrogen (secondary N) is 1. The highest BCUT2D eigenvalue weighted by Gasteiger charge is 2.16. The summed E-state index contributed by atoms with van der Waals surface area (Å²) in [5.74, 6) is 3.01. The van der Waals surface area contributed by atoms with Gasteiger partial charge in [0.2, 0.25) is 0 Å². The first-order valence-corrected chi connectivity index (χ1v) is 7.23. The van der Waals surface area contributed by atoms with Gasteiger partial charge in [0.1, 0.15) is 17.5 Å². The molecule has 0 bridgehead atoms. The molecule has 2 rings (SSSR count). The highest BCUT2D eigenvalue weighted by atomic mass is 15.1. The maximum atomic E-state index is 5.82. The van der Waals surface area contributed by atoms with Crippen LogP contribution in [-0.4, -0.2) is 41.5 Å². The molecule has 1 fully saturated rings. The summed E-state index contributed by atoms with van der Waals surface area (Å²) in [5.41, 5.74) is 5.82. The van der Waals surface area contributed by atoms with Crippen LogP contribution >= 0.6 is 0 Å². The van der Waals surface area contributed by atoms with E-state index in [1.54, 1.807) is 0 Å². The van der Waals surface area contributed by atoms with E-state index in [2.05, 4.69) is 34.2 Å². The van der Waals surface area contributed by atoms with Gasteiger partial charge in [-0.05, 0) is 45.3 Å². The molecule has 1 aromatic rings. The molecule has 106 valence electrons. The van der Waals surface area contributed by atoms with E-state index in [-0.39, 0.29) is 0 Å². The zero-order valence-electron chi connectivity index (χ0n) is 12.0. The summed E-state index contributed by atoms with van der Waals surface area (Å²) in [6.45, 7) is 5.49. The van der Waals surface area contributed by atoms with Crippen LogP contribution in [0.25, 0.3) is 0 Å². The molecule has 0 unspecified atom stereocenters. The molecule has 1 aliphatic rings. The number of nitrogen functional groups attached to an aromatic ring is 1. The Hall–Kier alpha value is -1.36. The van der Waals surface area contributed by atoms with Crippen LogP contribution in [0.5, 0.6) is 0 Å². The lowest BCUT2D eigenvalue weighted by atomic mass is 9.97. The molecule has 1 aromatic heterocycles. The normalized spacial score (nSPS) is 17.6. The fourth-order valence-electron chi connectivity index (χ4n) is 2.46. The van der Waals surface area contributed by atoms with Gasteiger partial charge in [-0.15, -0.1) is 0 Å². The van der Waals surface area contributed by atoms with Gasteiger partial charge in [-0.25, -0.2) is 9.97 Å². The largest absolute Gasteiger partial charge is 0.384 e. The molecule has 5 heteroatoms.